The van der Waals surface area contributed by atoms with Crippen molar-refractivity contribution in [3.05, 3.63) is 23.8 Å². The van der Waals surface area contributed by atoms with Crippen LogP contribution in [-0.4, -0.2) is 26.1 Å². The van der Waals surface area contributed by atoms with Gasteiger partial charge in [0, 0.05) is 13.0 Å². The fraction of sp³-hybridized carbons (Fsp3) is 0.231. The van der Waals surface area contributed by atoms with Crippen molar-refractivity contribution in [2.24, 2.45) is 5.73 Å². The summed E-state index contributed by atoms with van der Waals surface area (Å²) in [7, 11) is 2.87. The molecule has 0 fully saturated rings. The normalized spacial score (nSPS) is 10.3. The highest BCUT2D eigenvalue weighted by Crippen LogP contribution is 2.38. The maximum atomic E-state index is 11.0. The van der Waals surface area contributed by atoms with Crippen molar-refractivity contribution in [2.45, 2.75) is 6.92 Å². The van der Waals surface area contributed by atoms with E-state index >= 15 is 0 Å². The lowest BCUT2D eigenvalue weighted by Gasteiger charge is -2.13. The van der Waals surface area contributed by atoms with E-state index in [2.05, 4.69) is 0 Å². The second-order valence-corrected chi connectivity index (χ2v) is 3.58. The predicted molar refractivity (Wildman–Crippen MR) is 69.1 cm³/mol. The smallest absolute Gasteiger partial charge is 0.308 e. The number of hydrogen-bond donors (Lipinski definition) is 1. The maximum Gasteiger partial charge on any atom is 0.308 e. The minimum absolute atomic E-state index is 0.189. The van der Waals surface area contributed by atoms with Gasteiger partial charge in [-0.1, -0.05) is 0 Å². The maximum absolute atomic E-state index is 11.0. The lowest BCUT2D eigenvalue weighted by molar-refractivity contribution is -0.132. The van der Waals surface area contributed by atoms with Crippen LogP contribution in [-0.2, 0) is 9.59 Å². The molecule has 0 heterocycles. The molecule has 1 rings (SSSR count). The number of carbonyl (C=O) groups excluding carboxylic acids is 2. The SMILES string of the molecule is COc1cc(/C=C/C(N)=O)cc(OC)c1OC(C)=O. The number of hydrogen-bond acceptors (Lipinski definition) is 5. The van der Waals surface area contributed by atoms with Crippen LogP contribution in [0.25, 0.3) is 6.08 Å². The van der Waals surface area contributed by atoms with E-state index in [0.717, 1.165) is 0 Å². The number of esters is 1. The third kappa shape index (κ3) is 4.02. The predicted octanol–water partition coefficient (Wildman–Crippen LogP) is 1.13. The largest absolute Gasteiger partial charge is 0.493 e. The van der Waals surface area contributed by atoms with E-state index in [9.17, 15) is 9.59 Å². The number of rotatable bonds is 5. The van der Waals surface area contributed by atoms with E-state index in [1.54, 1.807) is 12.1 Å². The van der Waals surface area contributed by atoms with Crippen molar-refractivity contribution in [2.75, 3.05) is 14.2 Å². The fourth-order valence-corrected chi connectivity index (χ4v) is 1.42. The molecule has 0 bridgehead atoms. The second-order valence-electron chi connectivity index (χ2n) is 3.58. The van der Waals surface area contributed by atoms with Crippen LogP contribution >= 0.6 is 0 Å². The van der Waals surface area contributed by atoms with Gasteiger partial charge in [0.25, 0.3) is 0 Å². The Balaban J connectivity index is 3.26. The van der Waals surface area contributed by atoms with Gasteiger partial charge in [-0.3, -0.25) is 9.59 Å². The minimum Gasteiger partial charge on any atom is -0.493 e. The second kappa shape index (κ2) is 6.44. The fourth-order valence-electron chi connectivity index (χ4n) is 1.42. The van der Waals surface area contributed by atoms with Gasteiger partial charge in [0.15, 0.2) is 11.5 Å². The molecule has 1 amide bonds. The molecule has 2 N–H and O–H groups in total. The van der Waals surface area contributed by atoms with Gasteiger partial charge in [0.2, 0.25) is 11.7 Å². The average Bonchev–Trinajstić information content (AvgIpc) is 2.36. The third-order valence-corrected chi connectivity index (χ3v) is 2.17. The Labute approximate surface area is 110 Å². The number of amides is 1. The summed E-state index contributed by atoms with van der Waals surface area (Å²) in [5.74, 6) is -0.231. The zero-order chi connectivity index (χ0) is 14.4. The third-order valence-electron chi connectivity index (χ3n) is 2.17. The topological polar surface area (TPSA) is 87.8 Å². The van der Waals surface area contributed by atoms with Crippen LogP contribution in [0.1, 0.15) is 12.5 Å². The van der Waals surface area contributed by atoms with Gasteiger partial charge in [0.05, 0.1) is 14.2 Å². The van der Waals surface area contributed by atoms with Gasteiger partial charge in [-0.25, -0.2) is 0 Å². The first-order chi connectivity index (χ1) is 8.97. The molecule has 19 heavy (non-hydrogen) atoms. The summed E-state index contributed by atoms with van der Waals surface area (Å²) in [4.78, 5) is 21.7. The highest BCUT2D eigenvalue weighted by molar-refractivity contribution is 5.90. The van der Waals surface area contributed by atoms with Crippen molar-refractivity contribution >= 4 is 18.0 Å². The molecule has 1 aromatic rings. The van der Waals surface area contributed by atoms with Crippen molar-refractivity contribution in [3.8, 4) is 17.2 Å². The van der Waals surface area contributed by atoms with Crippen LogP contribution in [0.4, 0.5) is 0 Å². The van der Waals surface area contributed by atoms with Crippen LogP contribution in [0.15, 0.2) is 18.2 Å². The van der Waals surface area contributed by atoms with Crippen LogP contribution in [0.2, 0.25) is 0 Å². The van der Waals surface area contributed by atoms with E-state index in [-0.39, 0.29) is 5.75 Å². The summed E-state index contributed by atoms with van der Waals surface area (Å²) in [6.45, 7) is 1.28. The molecule has 0 aliphatic rings. The van der Waals surface area contributed by atoms with Crippen LogP contribution in [0.3, 0.4) is 0 Å². The first-order valence-corrected chi connectivity index (χ1v) is 5.40. The number of primary amides is 1. The summed E-state index contributed by atoms with van der Waals surface area (Å²) in [5, 5.41) is 0. The van der Waals surface area contributed by atoms with E-state index in [4.69, 9.17) is 19.9 Å². The highest BCUT2D eigenvalue weighted by Gasteiger charge is 2.15. The molecule has 0 aliphatic heterocycles. The summed E-state index contributed by atoms with van der Waals surface area (Å²) >= 11 is 0. The van der Waals surface area contributed by atoms with Crippen LogP contribution in [0, 0.1) is 0 Å². The number of carbonyl (C=O) groups is 2. The van der Waals surface area contributed by atoms with Gasteiger partial charge in [0.1, 0.15) is 0 Å². The number of benzene rings is 1. The molecule has 0 spiro atoms. The van der Waals surface area contributed by atoms with Crippen molar-refractivity contribution < 1.29 is 23.8 Å². The number of ether oxygens (including phenoxy) is 3. The molecule has 0 unspecified atom stereocenters. The van der Waals surface area contributed by atoms with Crippen LogP contribution < -0.4 is 19.9 Å². The zero-order valence-corrected chi connectivity index (χ0v) is 10.9. The Morgan fingerprint density at radius 3 is 2.05 bits per heavy atom. The molecule has 6 heteroatoms. The van der Waals surface area contributed by atoms with Gasteiger partial charge < -0.3 is 19.9 Å². The molecule has 0 aromatic heterocycles. The zero-order valence-electron chi connectivity index (χ0n) is 10.9. The van der Waals surface area contributed by atoms with E-state index < -0.39 is 11.9 Å². The molecule has 1 aromatic carbocycles. The molecular formula is C13H15NO5. The Bertz CT molecular complexity index is 497. The van der Waals surface area contributed by atoms with Crippen molar-refractivity contribution in [1.82, 2.24) is 0 Å². The number of methoxy groups -OCH3 is 2. The van der Waals surface area contributed by atoms with Gasteiger partial charge in [-0.05, 0) is 23.8 Å². The Morgan fingerprint density at radius 2 is 1.68 bits per heavy atom. The Kier molecular flexibility index (Phi) is 4.93. The lowest BCUT2D eigenvalue weighted by Crippen LogP contribution is -2.06. The summed E-state index contributed by atoms with van der Waals surface area (Å²) in [6.07, 6.45) is 2.71. The van der Waals surface area contributed by atoms with Gasteiger partial charge >= 0.3 is 5.97 Å². The van der Waals surface area contributed by atoms with Crippen molar-refractivity contribution in [1.29, 1.82) is 0 Å². The monoisotopic (exact) mass is 265 g/mol. The van der Waals surface area contributed by atoms with E-state index in [1.165, 1.54) is 33.3 Å². The molecule has 102 valence electrons. The lowest BCUT2D eigenvalue weighted by atomic mass is 10.1. The van der Waals surface area contributed by atoms with Gasteiger partial charge in [-0.15, -0.1) is 0 Å². The molecular weight excluding hydrogens is 250 g/mol. The molecule has 0 aliphatic carbocycles. The van der Waals surface area contributed by atoms with Gasteiger partial charge in [-0.2, -0.15) is 0 Å². The Morgan fingerprint density at radius 1 is 1.16 bits per heavy atom. The molecule has 0 radical (unpaired) electrons. The summed E-state index contributed by atoms with van der Waals surface area (Å²) < 4.78 is 15.3. The molecule has 6 nitrogen and oxygen atoms in total. The first kappa shape index (κ1) is 14.6. The summed E-state index contributed by atoms with van der Waals surface area (Å²) in [5.41, 5.74) is 5.65. The minimum atomic E-state index is -0.568. The molecule has 0 atom stereocenters. The van der Waals surface area contributed by atoms with E-state index in [1.807, 2.05) is 0 Å². The average molecular weight is 265 g/mol. The number of nitrogens with two attached hydrogens (primary N) is 1. The molecule has 0 saturated heterocycles. The Hall–Kier alpha value is -2.50. The van der Waals surface area contributed by atoms with Crippen LogP contribution in [0.5, 0.6) is 17.2 Å². The quantitative estimate of drug-likeness (QED) is 0.490. The van der Waals surface area contributed by atoms with E-state index in [0.29, 0.717) is 17.1 Å². The molecule has 0 saturated carbocycles. The highest BCUT2D eigenvalue weighted by atomic mass is 16.6. The van der Waals surface area contributed by atoms with Crippen molar-refractivity contribution in [3.63, 3.8) is 0 Å². The standard InChI is InChI=1S/C13H15NO5/c1-8(15)19-13-10(17-2)6-9(4-5-12(14)16)7-11(13)18-3/h4-7H,1-3H3,(H2,14,16)/b5-4+. The summed E-state index contributed by atoms with van der Waals surface area (Å²) in [6, 6.07) is 3.19. The first-order valence-electron chi connectivity index (χ1n) is 5.40.